The number of carbonyl (C=O) groups is 1. The molecule has 44 heavy (non-hydrogen) atoms. The van der Waals surface area contributed by atoms with Gasteiger partial charge >= 0.3 is 6.09 Å². The van der Waals surface area contributed by atoms with Gasteiger partial charge in [-0.1, -0.05) is 79.7 Å². The summed E-state index contributed by atoms with van der Waals surface area (Å²) in [6.07, 6.45) is 6.28. The van der Waals surface area contributed by atoms with Crippen molar-refractivity contribution in [1.82, 2.24) is 9.80 Å². The lowest BCUT2D eigenvalue weighted by atomic mass is 9.77. The monoisotopic (exact) mass is 619 g/mol. The molecule has 0 bridgehead atoms. The first-order valence-corrected chi connectivity index (χ1v) is 16.6. The summed E-state index contributed by atoms with van der Waals surface area (Å²) >= 11 is 0. The predicted molar refractivity (Wildman–Crippen MR) is 171 cm³/mol. The number of hydrogen-bond acceptors (Lipinski definition) is 6. The van der Waals surface area contributed by atoms with E-state index in [4.69, 9.17) is 0 Å². The summed E-state index contributed by atoms with van der Waals surface area (Å²) in [6, 6.07) is 24.8. The zero-order chi connectivity index (χ0) is 31.6. The molecule has 4 rings (SSSR count). The van der Waals surface area contributed by atoms with Crippen LogP contribution in [-0.4, -0.2) is 66.3 Å². The largest absolute Gasteiger partial charge is 0.465 e. The van der Waals surface area contributed by atoms with Crippen LogP contribution in [0.4, 0.5) is 10.5 Å². The number of nitro benzene ring substituents is 1. The molecule has 234 valence electrons. The molecule has 1 aliphatic rings. The average molecular weight is 620 g/mol. The van der Waals surface area contributed by atoms with Crippen molar-refractivity contribution in [3.8, 4) is 0 Å². The van der Waals surface area contributed by atoms with Crippen LogP contribution in [0.2, 0.25) is 0 Å². The maximum atomic E-state index is 13.1. The van der Waals surface area contributed by atoms with E-state index in [0.717, 1.165) is 44.5 Å². The summed E-state index contributed by atoms with van der Waals surface area (Å²) in [5.74, 6) is 0.449. The second-order valence-corrected chi connectivity index (χ2v) is 13.9. The average Bonchev–Trinajstić information content (AvgIpc) is 3.04. The Bertz CT molecular complexity index is 1510. The van der Waals surface area contributed by atoms with E-state index in [1.807, 2.05) is 30.3 Å². The fraction of sp³-hybridized carbons (Fsp3) is 0.382. The fourth-order valence-electron chi connectivity index (χ4n) is 5.67. The van der Waals surface area contributed by atoms with Gasteiger partial charge in [0.2, 0.25) is 0 Å². The van der Waals surface area contributed by atoms with Crippen LogP contribution in [0.1, 0.15) is 43.7 Å². The summed E-state index contributed by atoms with van der Waals surface area (Å²) in [6.45, 7) is 5.29. The minimum atomic E-state index is -3.38. The van der Waals surface area contributed by atoms with Gasteiger partial charge in [0.15, 0.2) is 9.84 Å². The first-order valence-electron chi connectivity index (χ1n) is 15.0. The molecule has 0 radical (unpaired) electrons. The van der Waals surface area contributed by atoms with E-state index in [1.54, 1.807) is 36.4 Å². The lowest BCUT2D eigenvalue weighted by Crippen LogP contribution is -2.37. The van der Waals surface area contributed by atoms with Crippen LogP contribution in [0.3, 0.4) is 0 Å². The van der Waals surface area contributed by atoms with Crippen molar-refractivity contribution >= 4 is 21.6 Å². The Hall–Kier alpha value is -4.02. The number of nitro groups is 1. The fourth-order valence-corrected chi connectivity index (χ4v) is 7.19. The molecule has 1 fully saturated rings. The number of allylic oxidation sites excluding steroid dienone is 1. The van der Waals surface area contributed by atoms with E-state index in [-0.39, 0.29) is 29.9 Å². The SMILES string of the molecule is CC(CCN1CCC(C=CCN(Cc2ccc([N+](=O)[O-])cc2)C(=O)O)CC1)(CCS(=O)(=O)c1ccccc1)c1ccccc1. The van der Waals surface area contributed by atoms with Crippen molar-refractivity contribution in [1.29, 1.82) is 0 Å². The van der Waals surface area contributed by atoms with Crippen molar-refractivity contribution in [2.24, 2.45) is 5.92 Å². The Labute approximate surface area is 259 Å². The zero-order valence-corrected chi connectivity index (χ0v) is 25.9. The standard InChI is InChI=1S/C34H41N3O6S/c1-34(30-10-4-2-5-11-30,21-26-44(42,43)32-12-6-3-7-13-32)20-25-35-23-18-28(19-24-35)9-8-22-36(33(38)39)27-29-14-16-31(17-15-29)37(40)41/h2-17,28H,18-27H2,1H3,(H,38,39). The predicted octanol–water partition coefficient (Wildman–Crippen LogP) is 6.56. The van der Waals surface area contributed by atoms with Gasteiger partial charge in [0.25, 0.3) is 5.69 Å². The van der Waals surface area contributed by atoms with Gasteiger partial charge in [-0.15, -0.1) is 0 Å². The molecule has 10 heteroatoms. The van der Waals surface area contributed by atoms with Crippen molar-refractivity contribution in [3.63, 3.8) is 0 Å². The Morgan fingerprint density at radius 3 is 2.20 bits per heavy atom. The third-order valence-electron chi connectivity index (χ3n) is 8.63. The Kier molecular flexibility index (Phi) is 11.3. The molecular weight excluding hydrogens is 578 g/mol. The van der Waals surface area contributed by atoms with Gasteiger partial charge in [0, 0.05) is 25.2 Å². The molecule has 0 spiro atoms. The summed E-state index contributed by atoms with van der Waals surface area (Å²) in [7, 11) is -3.38. The molecule has 0 aliphatic carbocycles. The van der Waals surface area contributed by atoms with Crippen LogP contribution < -0.4 is 0 Å². The van der Waals surface area contributed by atoms with Gasteiger partial charge in [0.1, 0.15) is 0 Å². The molecule has 3 aromatic carbocycles. The normalized spacial score (nSPS) is 16.0. The van der Waals surface area contributed by atoms with Crippen molar-refractivity contribution < 1.29 is 23.2 Å². The van der Waals surface area contributed by atoms with Crippen molar-refractivity contribution in [2.75, 3.05) is 31.9 Å². The highest BCUT2D eigenvalue weighted by Gasteiger charge is 2.30. The lowest BCUT2D eigenvalue weighted by Gasteiger charge is -2.36. The molecule has 0 saturated carbocycles. The number of likely N-dealkylation sites (tertiary alicyclic amines) is 1. The molecule has 1 saturated heterocycles. The number of benzene rings is 3. The molecule has 9 nitrogen and oxygen atoms in total. The van der Waals surface area contributed by atoms with Gasteiger partial charge in [0.05, 0.1) is 15.6 Å². The zero-order valence-electron chi connectivity index (χ0n) is 25.1. The Balaban J connectivity index is 1.28. The Morgan fingerprint density at radius 2 is 1.61 bits per heavy atom. The second-order valence-electron chi connectivity index (χ2n) is 11.8. The van der Waals surface area contributed by atoms with Gasteiger partial charge in [-0.2, -0.15) is 0 Å². The molecule has 1 atom stereocenters. The van der Waals surface area contributed by atoms with E-state index in [1.165, 1.54) is 17.0 Å². The van der Waals surface area contributed by atoms with Crippen LogP contribution in [0.15, 0.2) is 102 Å². The van der Waals surface area contributed by atoms with Crippen LogP contribution >= 0.6 is 0 Å². The number of carboxylic acid groups (broad SMARTS) is 1. The van der Waals surface area contributed by atoms with Crippen molar-refractivity contribution in [2.45, 2.75) is 49.5 Å². The summed E-state index contributed by atoms with van der Waals surface area (Å²) in [4.78, 5) is 26.3. The molecule has 0 aromatic heterocycles. The smallest absolute Gasteiger partial charge is 0.407 e. The van der Waals surface area contributed by atoms with E-state index in [0.29, 0.717) is 22.8 Å². The lowest BCUT2D eigenvalue weighted by molar-refractivity contribution is -0.384. The third-order valence-corrected chi connectivity index (χ3v) is 10.4. The van der Waals surface area contributed by atoms with Crippen LogP contribution in [0.25, 0.3) is 0 Å². The van der Waals surface area contributed by atoms with Gasteiger partial charge < -0.3 is 14.9 Å². The summed E-state index contributed by atoms with van der Waals surface area (Å²) in [5.41, 5.74) is 1.53. The van der Waals surface area contributed by atoms with Gasteiger partial charge in [-0.05, 0) is 79.9 Å². The van der Waals surface area contributed by atoms with E-state index < -0.39 is 20.9 Å². The van der Waals surface area contributed by atoms with Gasteiger partial charge in [-0.3, -0.25) is 10.1 Å². The van der Waals surface area contributed by atoms with Crippen LogP contribution in [0.5, 0.6) is 0 Å². The molecule has 1 amide bonds. The van der Waals surface area contributed by atoms with Crippen LogP contribution in [0, 0.1) is 16.0 Å². The Morgan fingerprint density at radius 1 is 1.00 bits per heavy atom. The third kappa shape index (κ3) is 9.24. The highest BCUT2D eigenvalue weighted by molar-refractivity contribution is 7.91. The molecule has 1 aliphatic heterocycles. The number of nitrogens with zero attached hydrogens (tertiary/aromatic N) is 3. The highest BCUT2D eigenvalue weighted by Crippen LogP contribution is 2.33. The van der Waals surface area contributed by atoms with Crippen molar-refractivity contribution in [3.05, 3.63) is 118 Å². The number of non-ortho nitro benzene ring substituents is 1. The number of amides is 1. The quantitative estimate of drug-likeness (QED) is 0.123. The molecule has 1 unspecified atom stereocenters. The number of piperidine rings is 1. The summed E-state index contributed by atoms with van der Waals surface area (Å²) in [5, 5.41) is 20.5. The molecular formula is C34H41N3O6S. The van der Waals surface area contributed by atoms with Crippen LogP contribution in [-0.2, 0) is 21.8 Å². The van der Waals surface area contributed by atoms with E-state index in [2.05, 4.69) is 30.0 Å². The highest BCUT2D eigenvalue weighted by atomic mass is 32.2. The summed E-state index contributed by atoms with van der Waals surface area (Å²) < 4.78 is 26.1. The minimum Gasteiger partial charge on any atom is -0.465 e. The maximum absolute atomic E-state index is 13.1. The minimum absolute atomic E-state index is 0.0254. The van der Waals surface area contributed by atoms with E-state index in [9.17, 15) is 28.4 Å². The molecule has 1 heterocycles. The topological polar surface area (TPSA) is 121 Å². The molecule has 3 aromatic rings. The van der Waals surface area contributed by atoms with E-state index >= 15 is 0 Å². The molecule has 1 N–H and O–H groups in total. The second kappa shape index (κ2) is 15.1. The van der Waals surface area contributed by atoms with Gasteiger partial charge in [-0.25, -0.2) is 13.2 Å². The first-order chi connectivity index (χ1) is 21.1. The maximum Gasteiger partial charge on any atom is 0.407 e. The number of rotatable bonds is 14. The number of hydrogen-bond donors (Lipinski definition) is 1. The number of sulfone groups is 1. The first kappa shape index (κ1) is 32.9.